The van der Waals surface area contributed by atoms with Crippen molar-refractivity contribution < 1.29 is 13.2 Å². The number of benzene rings is 2. The van der Waals surface area contributed by atoms with Crippen molar-refractivity contribution in [1.82, 2.24) is 9.62 Å². The van der Waals surface area contributed by atoms with Crippen LogP contribution in [0.3, 0.4) is 0 Å². The van der Waals surface area contributed by atoms with E-state index < -0.39 is 16.1 Å². The fourth-order valence-electron chi connectivity index (χ4n) is 2.51. The zero-order chi connectivity index (χ0) is 20.2. The van der Waals surface area contributed by atoms with Crippen LogP contribution >= 0.6 is 11.6 Å². The summed E-state index contributed by atoms with van der Waals surface area (Å²) in [5.74, 6) is -0.270. The van der Waals surface area contributed by atoms with E-state index in [0.29, 0.717) is 5.69 Å². The van der Waals surface area contributed by atoms with Crippen LogP contribution in [0.5, 0.6) is 0 Å². The highest BCUT2D eigenvalue weighted by molar-refractivity contribution is 7.89. The Kier molecular flexibility index (Phi) is 7.00. The molecule has 0 radical (unpaired) electrons. The molecule has 2 aromatic carbocycles. The number of hydrogen-bond donors (Lipinski definition) is 2. The lowest BCUT2D eigenvalue weighted by molar-refractivity contribution is -0.117. The first-order chi connectivity index (χ1) is 12.6. The molecule has 2 rings (SSSR count). The molecule has 0 heterocycles. The van der Waals surface area contributed by atoms with Crippen molar-refractivity contribution in [3.8, 4) is 0 Å². The second kappa shape index (κ2) is 8.84. The van der Waals surface area contributed by atoms with Gasteiger partial charge in [-0.1, -0.05) is 41.9 Å². The van der Waals surface area contributed by atoms with Gasteiger partial charge in [0.25, 0.3) is 0 Å². The molecule has 27 heavy (non-hydrogen) atoms. The number of carbonyl (C=O) groups is 1. The average Bonchev–Trinajstić information content (AvgIpc) is 2.63. The number of rotatable bonds is 7. The van der Waals surface area contributed by atoms with Crippen LogP contribution in [0.4, 0.5) is 5.69 Å². The Bertz CT molecular complexity index is 902. The summed E-state index contributed by atoms with van der Waals surface area (Å²) in [4.78, 5) is 12.4. The van der Waals surface area contributed by atoms with Crippen molar-refractivity contribution in [3.63, 3.8) is 0 Å². The third kappa shape index (κ3) is 5.29. The maximum atomic E-state index is 12.5. The maximum absolute atomic E-state index is 12.5. The van der Waals surface area contributed by atoms with Gasteiger partial charge in [0.1, 0.15) is 4.90 Å². The van der Waals surface area contributed by atoms with Gasteiger partial charge in [-0.15, -0.1) is 0 Å². The molecule has 0 saturated heterocycles. The molecule has 0 saturated carbocycles. The number of sulfonamides is 1. The molecule has 0 unspecified atom stereocenters. The predicted octanol–water partition coefficient (Wildman–Crippen LogP) is 3.27. The molecule has 146 valence electrons. The highest BCUT2D eigenvalue weighted by Gasteiger charge is 2.22. The summed E-state index contributed by atoms with van der Waals surface area (Å²) in [5, 5.41) is 6.06. The summed E-state index contributed by atoms with van der Waals surface area (Å²) in [6.07, 6.45) is 0. The lowest BCUT2D eigenvalue weighted by Crippen LogP contribution is -2.39. The molecule has 0 aliphatic rings. The SMILES string of the molecule is C[C@H](N[C@H](C)C(=O)Nc1ccc(Cl)c(S(=O)(=O)N(C)C)c1)c1ccccc1. The second-order valence-corrected chi connectivity index (χ2v) is 8.97. The van der Waals surface area contributed by atoms with E-state index in [-0.39, 0.29) is 21.9 Å². The fraction of sp³-hybridized carbons (Fsp3) is 0.316. The number of carbonyl (C=O) groups excluding carboxylic acids is 1. The van der Waals surface area contributed by atoms with Crippen LogP contribution in [0.1, 0.15) is 25.5 Å². The standard InChI is InChI=1S/C19H24ClN3O3S/c1-13(15-8-6-5-7-9-15)21-14(2)19(24)22-16-10-11-17(20)18(12-16)27(25,26)23(3)4/h5-14,21H,1-4H3,(H,22,24)/t13-,14+/m0/s1. The van der Waals surface area contributed by atoms with E-state index in [1.54, 1.807) is 13.0 Å². The van der Waals surface area contributed by atoms with Crippen LogP contribution < -0.4 is 10.6 Å². The Morgan fingerprint density at radius 3 is 2.30 bits per heavy atom. The van der Waals surface area contributed by atoms with Crippen molar-refractivity contribution in [2.75, 3.05) is 19.4 Å². The summed E-state index contributed by atoms with van der Waals surface area (Å²) in [6.45, 7) is 3.73. The third-order valence-corrected chi connectivity index (χ3v) is 6.45. The minimum Gasteiger partial charge on any atom is -0.325 e. The lowest BCUT2D eigenvalue weighted by atomic mass is 10.1. The van der Waals surface area contributed by atoms with Crippen LogP contribution in [0.25, 0.3) is 0 Å². The highest BCUT2D eigenvalue weighted by atomic mass is 35.5. The van der Waals surface area contributed by atoms with Crippen molar-refractivity contribution >= 4 is 33.2 Å². The van der Waals surface area contributed by atoms with Gasteiger partial charge in [0.05, 0.1) is 11.1 Å². The first-order valence-electron chi connectivity index (χ1n) is 8.47. The van der Waals surface area contributed by atoms with E-state index in [1.807, 2.05) is 37.3 Å². The largest absolute Gasteiger partial charge is 0.325 e. The number of nitrogens with one attached hydrogen (secondary N) is 2. The molecule has 0 aromatic heterocycles. The molecule has 8 heteroatoms. The normalized spacial score (nSPS) is 14.0. The van der Waals surface area contributed by atoms with Crippen molar-refractivity contribution in [3.05, 3.63) is 59.1 Å². The molecule has 0 aliphatic heterocycles. The van der Waals surface area contributed by atoms with Gasteiger partial charge in [-0.3, -0.25) is 10.1 Å². The molecule has 2 N–H and O–H groups in total. The molecular weight excluding hydrogens is 386 g/mol. The summed E-state index contributed by atoms with van der Waals surface area (Å²) in [6, 6.07) is 13.7. The smallest absolute Gasteiger partial charge is 0.244 e. The van der Waals surface area contributed by atoms with E-state index in [2.05, 4.69) is 10.6 Å². The summed E-state index contributed by atoms with van der Waals surface area (Å²) < 4.78 is 25.8. The van der Waals surface area contributed by atoms with Crippen LogP contribution in [-0.4, -0.2) is 38.8 Å². The molecule has 6 nitrogen and oxygen atoms in total. The first kappa shape index (κ1) is 21.4. The zero-order valence-corrected chi connectivity index (χ0v) is 17.3. The van der Waals surface area contributed by atoms with E-state index in [4.69, 9.17) is 11.6 Å². The van der Waals surface area contributed by atoms with Gasteiger partial charge in [0.15, 0.2) is 0 Å². The van der Waals surface area contributed by atoms with E-state index in [0.717, 1.165) is 9.87 Å². The topological polar surface area (TPSA) is 78.5 Å². The Labute approximate surface area is 165 Å². The number of hydrogen-bond acceptors (Lipinski definition) is 4. The second-order valence-electron chi connectivity index (χ2n) is 6.44. The molecule has 2 atom stereocenters. The fourth-order valence-corrected chi connectivity index (χ4v) is 3.91. The van der Waals surface area contributed by atoms with Gasteiger partial charge in [0, 0.05) is 25.8 Å². The summed E-state index contributed by atoms with van der Waals surface area (Å²) >= 11 is 6.03. The van der Waals surface area contributed by atoms with Crippen molar-refractivity contribution in [1.29, 1.82) is 0 Å². The average molecular weight is 410 g/mol. The Balaban J connectivity index is 2.11. The van der Waals surface area contributed by atoms with Crippen molar-refractivity contribution in [2.24, 2.45) is 0 Å². The number of halogens is 1. The highest BCUT2D eigenvalue weighted by Crippen LogP contribution is 2.27. The molecular formula is C19H24ClN3O3S. The van der Waals surface area contributed by atoms with Crippen molar-refractivity contribution in [2.45, 2.75) is 30.8 Å². The molecule has 1 amide bonds. The van der Waals surface area contributed by atoms with Gasteiger partial charge < -0.3 is 5.32 Å². The molecule has 0 bridgehead atoms. The summed E-state index contributed by atoms with van der Waals surface area (Å²) in [7, 11) is -0.858. The Morgan fingerprint density at radius 1 is 1.07 bits per heavy atom. The minimum atomic E-state index is -3.71. The Morgan fingerprint density at radius 2 is 1.70 bits per heavy atom. The molecule has 0 fully saturated rings. The van der Waals surface area contributed by atoms with E-state index >= 15 is 0 Å². The van der Waals surface area contributed by atoms with Crippen LogP contribution in [0.15, 0.2) is 53.4 Å². The quantitative estimate of drug-likeness (QED) is 0.735. The monoisotopic (exact) mass is 409 g/mol. The molecule has 0 aliphatic carbocycles. The number of anilines is 1. The molecule has 0 spiro atoms. The maximum Gasteiger partial charge on any atom is 0.244 e. The van der Waals surface area contributed by atoms with Crippen LogP contribution in [-0.2, 0) is 14.8 Å². The summed E-state index contributed by atoms with van der Waals surface area (Å²) in [5.41, 5.74) is 1.44. The Hall–Kier alpha value is -1.93. The zero-order valence-electron chi connectivity index (χ0n) is 15.7. The van der Waals surface area contributed by atoms with Gasteiger partial charge in [-0.05, 0) is 37.6 Å². The van der Waals surface area contributed by atoms with Gasteiger partial charge in [-0.2, -0.15) is 0 Å². The van der Waals surface area contributed by atoms with Gasteiger partial charge in [-0.25, -0.2) is 12.7 Å². The number of nitrogens with zero attached hydrogens (tertiary/aromatic N) is 1. The van der Waals surface area contributed by atoms with Crippen LogP contribution in [0.2, 0.25) is 5.02 Å². The first-order valence-corrected chi connectivity index (χ1v) is 10.3. The van der Waals surface area contributed by atoms with Crippen LogP contribution in [0, 0.1) is 0 Å². The number of amides is 1. The molecule has 2 aromatic rings. The van der Waals surface area contributed by atoms with E-state index in [9.17, 15) is 13.2 Å². The lowest BCUT2D eigenvalue weighted by Gasteiger charge is -2.20. The van der Waals surface area contributed by atoms with Gasteiger partial charge in [0.2, 0.25) is 15.9 Å². The van der Waals surface area contributed by atoms with Gasteiger partial charge >= 0.3 is 0 Å². The predicted molar refractivity (Wildman–Crippen MR) is 108 cm³/mol. The minimum absolute atomic E-state index is 0.0122. The third-order valence-electron chi connectivity index (χ3n) is 4.15. The van der Waals surface area contributed by atoms with E-state index in [1.165, 1.54) is 26.2 Å².